The van der Waals surface area contributed by atoms with Gasteiger partial charge in [0.2, 0.25) is 23.3 Å². The van der Waals surface area contributed by atoms with Gasteiger partial charge in [-0.3, -0.25) is 19.2 Å². The van der Waals surface area contributed by atoms with E-state index < -0.39 is 121 Å². The third kappa shape index (κ3) is 26.0. The molecule has 30 heteroatoms. The van der Waals surface area contributed by atoms with Crippen LogP contribution in [0.1, 0.15) is 46.0 Å². The van der Waals surface area contributed by atoms with Gasteiger partial charge < -0.3 is 111 Å². The highest BCUT2D eigenvalue weighted by atomic mass is 16.6. The highest BCUT2D eigenvalue weighted by Gasteiger charge is 2.47. The highest BCUT2D eigenvalue weighted by molar-refractivity contribution is 5.86. The van der Waals surface area contributed by atoms with E-state index in [1.807, 2.05) is 0 Å². The molecule has 2 amide bonds. The molecule has 30 nitrogen and oxygen atoms in total. The maximum Gasteiger partial charge on any atom is 0.370 e. The molecule has 0 fully saturated rings. The van der Waals surface area contributed by atoms with Crippen LogP contribution in [-0.4, -0.2) is 243 Å². The summed E-state index contributed by atoms with van der Waals surface area (Å²) in [4.78, 5) is 84.7. The van der Waals surface area contributed by atoms with Gasteiger partial charge in [0, 0.05) is 52.0 Å². The second-order valence-corrected chi connectivity index (χ2v) is 17.1. The maximum absolute atomic E-state index is 13.4. The number of aliphatic hydroxyl groups excluding tert-OH is 4. The van der Waals surface area contributed by atoms with Crippen LogP contribution < -0.4 is 28.3 Å². The number of carbonyl (C=O) groups excluding carboxylic acids is 4. The van der Waals surface area contributed by atoms with Gasteiger partial charge in [0.1, 0.15) is 24.9 Å². The Kier molecular flexibility index (Phi) is 32.4. The van der Waals surface area contributed by atoms with Gasteiger partial charge in [0.15, 0.2) is 30.2 Å². The molecular formula is C47H76N8O22. The zero-order chi connectivity index (χ0) is 57.3. The van der Waals surface area contributed by atoms with E-state index in [0.29, 0.717) is 26.4 Å². The zero-order valence-electron chi connectivity index (χ0n) is 43.2. The van der Waals surface area contributed by atoms with E-state index in [-0.39, 0.29) is 110 Å². The normalized spacial score (nSPS) is 20.4. The Bertz CT molecular complexity index is 2010. The van der Waals surface area contributed by atoms with Crippen molar-refractivity contribution in [2.45, 2.75) is 101 Å². The summed E-state index contributed by atoms with van der Waals surface area (Å²) in [6.45, 7) is 3.11. The van der Waals surface area contributed by atoms with Crippen molar-refractivity contribution in [3.8, 4) is 12.3 Å². The second-order valence-electron chi connectivity index (χ2n) is 17.1. The number of guanidine groups is 2. The third-order valence-corrected chi connectivity index (χ3v) is 11.1. The van der Waals surface area contributed by atoms with Gasteiger partial charge in [0.25, 0.3) is 0 Å². The zero-order valence-corrected chi connectivity index (χ0v) is 43.2. The molecule has 10 atom stereocenters. The first kappa shape index (κ1) is 66.7. The minimum absolute atomic E-state index is 0.00327. The Labute approximate surface area is 444 Å². The fourth-order valence-corrected chi connectivity index (χ4v) is 7.43. The lowest BCUT2D eigenvalue weighted by molar-refractivity contribution is -0.176. The molecule has 0 aromatic carbocycles. The molecule has 15 N–H and O–H groups in total. The molecule has 2 heterocycles. The summed E-state index contributed by atoms with van der Waals surface area (Å²) in [7, 11) is 0. The van der Waals surface area contributed by atoms with Gasteiger partial charge in [-0.2, -0.15) is 0 Å². The molecule has 0 aliphatic carbocycles. The number of carboxylic acids is 2. The quantitative estimate of drug-likeness (QED) is 0.00902. The SMILES string of the molecule is C#CCOCCOCCOCCOCCC(=O)N(CCOCCCC(=O)O[C@@H]([C@@H]1OC(C(=O)O)=C[C@H](N=C(N)N)[C@H]1C)[C@H](O)CO)CCOCCCC(=O)O[C@@H]([C@@H]1OC(C(=O)O)=C[C@H](N=C(N)N)[C@H]1NC(C)=O)[C@H](O)CO. The number of rotatable bonds is 40. The fraction of sp³-hybridized carbons (Fsp3) is 0.702. The molecule has 2 aliphatic heterocycles. The van der Waals surface area contributed by atoms with E-state index in [2.05, 4.69) is 21.2 Å². The van der Waals surface area contributed by atoms with Gasteiger partial charge in [-0.15, -0.1) is 6.42 Å². The number of aliphatic hydroxyl groups is 4. The van der Waals surface area contributed by atoms with Crippen LogP contribution in [0.3, 0.4) is 0 Å². The molecule has 436 valence electrons. The van der Waals surface area contributed by atoms with E-state index in [4.69, 9.17) is 76.7 Å². The Morgan fingerprint density at radius 1 is 0.662 bits per heavy atom. The Balaban J connectivity index is 1.99. The molecule has 0 saturated heterocycles. The minimum atomic E-state index is -1.81. The van der Waals surface area contributed by atoms with Crippen LogP contribution in [0.15, 0.2) is 33.7 Å². The van der Waals surface area contributed by atoms with E-state index in [1.165, 1.54) is 11.0 Å². The van der Waals surface area contributed by atoms with Crippen molar-refractivity contribution in [3.63, 3.8) is 0 Å². The molecular weight excluding hydrogens is 1030 g/mol. The molecule has 0 bridgehead atoms. The smallest absolute Gasteiger partial charge is 0.370 e. The van der Waals surface area contributed by atoms with Crippen molar-refractivity contribution in [2.75, 3.05) is 106 Å². The second kappa shape index (κ2) is 37.4. The summed E-state index contributed by atoms with van der Waals surface area (Å²) >= 11 is 0. The molecule has 2 rings (SSSR count). The number of nitrogens with one attached hydrogen (secondary N) is 1. The van der Waals surface area contributed by atoms with E-state index in [9.17, 15) is 59.4 Å². The molecule has 0 spiro atoms. The van der Waals surface area contributed by atoms with Gasteiger partial charge in [0.05, 0.1) is 97.2 Å². The van der Waals surface area contributed by atoms with Crippen molar-refractivity contribution in [3.05, 3.63) is 23.7 Å². The number of hydrogen-bond acceptors (Lipinski definition) is 22. The lowest BCUT2D eigenvalue weighted by Crippen LogP contribution is -2.60. The lowest BCUT2D eigenvalue weighted by Gasteiger charge is -2.39. The summed E-state index contributed by atoms with van der Waals surface area (Å²) in [5.41, 5.74) is 22.1. The van der Waals surface area contributed by atoms with Crippen LogP contribution in [0.2, 0.25) is 0 Å². The Hall–Kier alpha value is -6.40. The number of amides is 2. The summed E-state index contributed by atoms with van der Waals surface area (Å²) in [6, 6.07) is -3.43. The van der Waals surface area contributed by atoms with Crippen LogP contribution >= 0.6 is 0 Å². The lowest BCUT2D eigenvalue weighted by atomic mass is 9.87. The number of aliphatic carboxylic acids is 2. The number of carboxylic acid groups (broad SMARTS) is 2. The molecule has 2 aliphatic rings. The third-order valence-electron chi connectivity index (χ3n) is 11.1. The molecule has 0 unspecified atom stereocenters. The number of esters is 2. The molecule has 0 saturated carbocycles. The van der Waals surface area contributed by atoms with Gasteiger partial charge in [-0.25, -0.2) is 19.6 Å². The average Bonchev–Trinajstić information content (AvgIpc) is 3.38. The first-order valence-electron chi connectivity index (χ1n) is 24.6. The number of carbonyl (C=O) groups is 6. The van der Waals surface area contributed by atoms with Crippen molar-refractivity contribution in [2.24, 2.45) is 38.8 Å². The number of nitrogens with zero attached hydrogens (tertiary/aromatic N) is 3. The molecule has 0 aromatic rings. The van der Waals surface area contributed by atoms with E-state index >= 15 is 0 Å². The minimum Gasteiger partial charge on any atom is -0.479 e. The van der Waals surface area contributed by atoms with Crippen LogP contribution in [0.5, 0.6) is 0 Å². The maximum atomic E-state index is 13.4. The molecule has 0 radical (unpaired) electrons. The molecule has 0 aromatic heterocycles. The van der Waals surface area contributed by atoms with Crippen LogP contribution in [0.25, 0.3) is 0 Å². The fourth-order valence-electron chi connectivity index (χ4n) is 7.43. The van der Waals surface area contributed by atoms with Gasteiger partial charge in [-0.1, -0.05) is 12.8 Å². The Morgan fingerprint density at radius 2 is 1.09 bits per heavy atom. The van der Waals surface area contributed by atoms with Crippen LogP contribution in [0.4, 0.5) is 0 Å². The highest BCUT2D eigenvalue weighted by Crippen LogP contribution is 2.31. The number of terminal acetylenes is 1. The predicted octanol–water partition coefficient (Wildman–Crippen LogP) is -4.81. The monoisotopic (exact) mass is 1100 g/mol. The van der Waals surface area contributed by atoms with Crippen molar-refractivity contribution < 1.29 is 107 Å². The van der Waals surface area contributed by atoms with Crippen molar-refractivity contribution >= 4 is 47.6 Å². The summed E-state index contributed by atoms with van der Waals surface area (Å²) in [5.74, 6) is -6.11. The Morgan fingerprint density at radius 3 is 1.55 bits per heavy atom. The molecule has 77 heavy (non-hydrogen) atoms. The number of ether oxygens (including phenoxy) is 10. The van der Waals surface area contributed by atoms with Crippen molar-refractivity contribution in [1.82, 2.24) is 10.2 Å². The largest absolute Gasteiger partial charge is 0.479 e. The summed E-state index contributed by atoms with van der Waals surface area (Å²) in [5, 5.41) is 62.7. The average molecular weight is 1110 g/mol. The van der Waals surface area contributed by atoms with Crippen LogP contribution in [-0.2, 0) is 76.1 Å². The van der Waals surface area contributed by atoms with Crippen LogP contribution in [0, 0.1) is 18.3 Å². The topological polar surface area (TPSA) is 460 Å². The first-order valence-corrected chi connectivity index (χ1v) is 24.6. The van der Waals surface area contributed by atoms with E-state index in [0.717, 1.165) is 13.0 Å². The van der Waals surface area contributed by atoms with E-state index in [1.54, 1.807) is 6.92 Å². The van der Waals surface area contributed by atoms with Gasteiger partial charge in [-0.05, 0) is 25.0 Å². The summed E-state index contributed by atoms with van der Waals surface area (Å²) in [6.07, 6.45) is -2.64. The number of nitrogens with two attached hydrogens (primary N) is 4. The summed E-state index contributed by atoms with van der Waals surface area (Å²) < 4.78 is 55.1. The number of aliphatic imine (C=N–C) groups is 2. The first-order chi connectivity index (χ1) is 36.7. The number of hydrogen-bond donors (Lipinski definition) is 11. The standard InChI is InChI=1S/C47H76N8O22/c1-4-12-68-18-20-72-22-23-73-21-19-71-15-9-36(61)55(10-16-69-13-5-7-37(62)76-41(32(59)26-56)40-28(2)30(53-46(48)49)24-34(74-40)44(64)65)11-17-70-14-6-8-38(63)77-42(33(60)27-57)43-39(52-29(3)58)31(54-47(50)51)25-35(75-43)45(66)67/h1,24-25,28,30-33,39-43,56-57,59-60H,5-23,26-27H2,2-3H3,(H,52,58)(H,64,65)(H,66,67)(H4,48,49,53)(H4,50,51,54)/t28-,30+,31+,32-,33-,39-,40-,41-,42-,43-/m1/s1. The van der Waals surface area contributed by atoms with Crippen molar-refractivity contribution in [1.29, 1.82) is 0 Å². The van der Waals surface area contributed by atoms with Gasteiger partial charge >= 0.3 is 23.9 Å². The predicted molar refractivity (Wildman–Crippen MR) is 267 cm³/mol.